The molecule has 160 valence electrons. The van der Waals surface area contributed by atoms with Gasteiger partial charge in [-0.2, -0.15) is 0 Å². The number of primary amides is 1. The smallest absolute Gasteiger partial charge is 0.250 e. The number of hydrogen-bond donors (Lipinski definition) is 2. The van der Waals surface area contributed by atoms with Gasteiger partial charge in [-0.25, -0.2) is 14.4 Å². The number of fused-ring (bicyclic) bond motifs is 1. The van der Waals surface area contributed by atoms with Crippen LogP contribution in [0, 0.1) is 5.82 Å². The number of aromatic nitrogens is 2. The van der Waals surface area contributed by atoms with Crippen molar-refractivity contribution in [2.24, 2.45) is 5.73 Å². The number of para-hydroxylation sites is 1. The van der Waals surface area contributed by atoms with Gasteiger partial charge in [0.25, 0.3) is 5.91 Å². The van der Waals surface area contributed by atoms with Gasteiger partial charge in [0.1, 0.15) is 18.0 Å². The molecule has 6 nitrogen and oxygen atoms in total. The number of carbonyl (C=O) groups excluding carboxylic acids is 1. The summed E-state index contributed by atoms with van der Waals surface area (Å²) in [5, 5.41) is 4.21. The Morgan fingerprint density at radius 3 is 2.69 bits per heavy atom. The Morgan fingerprint density at radius 2 is 1.91 bits per heavy atom. The summed E-state index contributed by atoms with van der Waals surface area (Å²) in [6.07, 6.45) is 2.31. The maximum Gasteiger partial charge on any atom is 0.250 e. The van der Waals surface area contributed by atoms with E-state index in [1.54, 1.807) is 18.2 Å². The number of carbonyl (C=O) groups is 1. The molecule has 2 heterocycles. The Bertz CT molecular complexity index is 1290. The van der Waals surface area contributed by atoms with E-state index >= 15 is 0 Å². The lowest BCUT2D eigenvalue weighted by Crippen LogP contribution is -2.26. The van der Waals surface area contributed by atoms with Crippen LogP contribution < -0.4 is 16.0 Å². The normalized spacial score (nSPS) is 15.8. The van der Waals surface area contributed by atoms with E-state index in [1.165, 1.54) is 6.33 Å². The van der Waals surface area contributed by atoms with E-state index in [-0.39, 0.29) is 11.9 Å². The number of halogens is 1. The van der Waals surface area contributed by atoms with Gasteiger partial charge < -0.3 is 16.0 Å². The molecule has 1 aromatic heterocycles. The molecular weight excluding hydrogens is 405 g/mol. The number of nitrogens with two attached hydrogens (primary N) is 1. The molecule has 0 saturated carbocycles. The number of hydrogen-bond acceptors (Lipinski definition) is 5. The zero-order chi connectivity index (χ0) is 22.1. The first-order valence-corrected chi connectivity index (χ1v) is 10.5. The number of benzene rings is 3. The van der Waals surface area contributed by atoms with E-state index in [0.29, 0.717) is 29.0 Å². The fourth-order valence-corrected chi connectivity index (χ4v) is 4.26. The second-order valence-electron chi connectivity index (χ2n) is 7.89. The van der Waals surface area contributed by atoms with Crippen LogP contribution in [-0.4, -0.2) is 35.0 Å². The topological polar surface area (TPSA) is 84.1 Å². The van der Waals surface area contributed by atoms with E-state index in [4.69, 9.17) is 5.73 Å². The first-order chi connectivity index (χ1) is 15.6. The summed E-state index contributed by atoms with van der Waals surface area (Å²) in [5.74, 6) is -0.0882. The van der Waals surface area contributed by atoms with Crippen molar-refractivity contribution < 1.29 is 9.18 Å². The van der Waals surface area contributed by atoms with Crippen LogP contribution in [0.4, 0.5) is 15.9 Å². The lowest BCUT2D eigenvalue weighted by Gasteiger charge is -2.20. The standard InChI is InChI=1S/C25H22FN5O/c26-22-13-18(9-10-19(22)16-5-2-1-3-6-16)31-12-11-17(14-31)30-25-21-8-4-7-20(24(27)32)23(21)28-15-29-25/h1-10,13,15,17H,11-12,14H2,(H2,27,32)(H,28,29,30). The summed E-state index contributed by atoms with van der Waals surface area (Å²) in [6, 6.07) is 20.4. The van der Waals surface area contributed by atoms with Crippen molar-refractivity contribution in [1.29, 1.82) is 0 Å². The molecule has 0 aliphatic carbocycles. The molecule has 1 unspecified atom stereocenters. The summed E-state index contributed by atoms with van der Waals surface area (Å²) < 4.78 is 14.8. The van der Waals surface area contributed by atoms with Crippen LogP contribution in [-0.2, 0) is 0 Å². The van der Waals surface area contributed by atoms with Gasteiger partial charge in [-0.15, -0.1) is 0 Å². The van der Waals surface area contributed by atoms with Crippen molar-refractivity contribution in [1.82, 2.24) is 9.97 Å². The van der Waals surface area contributed by atoms with E-state index < -0.39 is 5.91 Å². The maximum absolute atomic E-state index is 14.8. The van der Waals surface area contributed by atoms with Crippen molar-refractivity contribution in [2.75, 3.05) is 23.3 Å². The summed E-state index contributed by atoms with van der Waals surface area (Å²) in [5.41, 5.74) is 8.70. The molecule has 1 saturated heterocycles. The number of nitrogens with zero attached hydrogens (tertiary/aromatic N) is 3. The highest BCUT2D eigenvalue weighted by molar-refractivity contribution is 6.06. The molecule has 1 amide bonds. The highest BCUT2D eigenvalue weighted by Crippen LogP contribution is 2.30. The van der Waals surface area contributed by atoms with Crippen LogP contribution in [0.3, 0.4) is 0 Å². The Morgan fingerprint density at radius 1 is 1.06 bits per heavy atom. The molecule has 0 spiro atoms. The third-order valence-electron chi connectivity index (χ3n) is 5.86. The first kappa shape index (κ1) is 19.9. The lowest BCUT2D eigenvalue weighted by atomic mass is 10.0. The molecule has 3 aromatic carbocycles. The Balaban J connectivity index is 1.34. The van der Waals surface area contributed by atoms with Crippen LogP contribution in [0.25, 0.3) is 22.0 Å². The van der Waals surface area contributed by atoms with Gasteiger partial charge in [0.2, 0.25) is 0 Å². The Hall–Kier alpha value is -4.00. The van der Waals surface area contributed by atoms with Crippen LogP contribution in [0.15, 0.2) is 73.1 Å². The summed E-state index contributed by atoms with van der Waals surface area (Å²) >= 11 is 0. The molecule has 1 aliphatic rings. The molecule has 1 fully saturated rings. The molecule has 4 aromatic rings. The van der Waals surface area contributed by atoms with Crippen LogP contribution in [0.5, 0.6) is 0 Å². The quantitative estimate of drug-likeness (QED) is 0.498. The third-order valence-corrected chi connectivity index (χ3v) is 5.86. The number of rotatable bonds is 5. The fourth-order valence-electron chi connectivity index (χ4n) is 4.26. The Kier molecular flexibility index (Phi) is 5.15. The molecule has 32 heavy (non-hydrogen) atoms. The van der Waals surface area contributed by atoms with Crippen LogP contribution >= 0.6 is 0 Å². The molecule has 1 atom stereocenters. The minimum Gasteiger partial charge on any atom is -0.369 e. The molecule has 0 bridgehead atoms. The van der Waals surface area contributed by atoms with Gasteiger partial charge in [-0.05, 0) is 42.3 Å². The predicted molar refractivity (Wildman–Crippen MR) is 124 cm³/mol. The largest absolute Gasteiger partial charge is 0.369 e. The van der Waals surface area contributed by atoms with Gasteiger partial charge >= 0.3 is 0 Å². The van der Waals surface area contributed by atoms with Crippen molar-refractivity contribution in [3.63, 3.8) is 0 Å². The van der Waals surface area contributed by atoms with Gasteiger partial charge in [0, 0.05) is 35.8 Å². The minimum absolute atomic E-state index is 0.127. The highest BCUT2D eigenvalue weighted by Gasteiger charge is 2.24. The number of anilines is 2. The van der Waals surface area contributed by atoms with E-state index in [9.17, 15) is 9.18 Å². The van der Waals surface area contributed by atoms with Gasteiger partial charge in [-0.1, -0.05) is 36.4 Å². The van der Waals surface area contributed by atoms with Gasteiger partial charge in [0.15, 0.2) is 0 Å². The fraction of sp³-hybridized carbons (Fsp3) is 0.160. The van der Waals surface area contributed by atoms with Crippen molar-refractivity contribution in [3.05, 3.63) is 84.4 Å². The van der Waals surface area contributed by atoms with E-state index in [1.807, 2.05) is 48.5 Å². The lowest BCUT2D eigenvalue weighted by molar-refractivity contribution is 0.100. The monoisotopic (exact) mass is 427 g/mol. The van der Waals surface area contributed by atoms with Crippen molar-refractivity contribution in [2.45, 2.75) is 12.5 Å². The van der Waals surface area contributed by atoms with E-state index in [2.05, 4.69) is 20.2 Å². The zero-order valence-electron chi connectivity index (χ0n) is 17.3. The minimum atomic E-state index is -0.520. The van der Waals surface area contributed by atoms with Crippen molar-refractivity contribution in [3.8, 4) is 11.1 Å². The predicted octanol–water partition coefficient (Wildman–Crippen LogP) is 4.23. The summed E-state index contributed by atoms with van der Waals surface area (Å²) in [7, 11) is 0. The number of amides is 1. The van der Waals surface area contributed by atoms with Gasteiger partial charge in [0.05, 0.1) is 11.1 Å². The van der Waals surface area contributed by atoms with Crippen LogP contribution in [0.1, 0.15) is 16.8 Å². The highest BCUT2D eigenvalue weighted by atomic mass is 19.1. The first-order valence-electron chi connectivity index (χ1n) is 10.5. The van der Waals surface area contributed by atoms with E-state index in [0.717, 1.165) is 29.6 Å². The molecule has 7 heteroatoms. The molecule has 1 aliphatic heterocycles. The average molecular weight is 427 g/mol. The summed E-state index contributed by atoms with van der Waals surface area (Å²) in [6.45, 7) is 1.52. The van der Waals surface area contributed by atoms with Crippen LogP contribution in [0.2, 0.25) is 0 Å². The zero-order valence-corrected chi connectivity index (χ0v) is 17.3. The maximum atomic E-state index is 14.8. The molecule has 3 N–H and O–H groups in total. The second-order valence-corrected chi connectivity index (χ2v) is 7.89. The molecular formula is C25H22FN5O. The second kappa shape index (κ2) is 8.26. The van der Waals surface area contributed by atoms with Crippen molar-refractivity contribution >= 4 is 28.3 Å². The van der Waals surface area contributed by atoms with Gasteiger partial charge in [-0.3, -0.25) is 4.79 Å². The summed E-state index contributed by atoms with van der Waals surface area (Å²) in [4.78, 5) is 22.5. The SMILES string of the molecule is NC(=O)c1cccc2c(NC3CCN(c4ccc(-c5ccccc5)c(F)c4)C3)ncnc12. The Labute approximate surface area is 184 Å². The number of nitrogens with one attached hydrogen (secondary N) is 1. The third kappa shape index (κ3) is 3.73. The molecule has 0 radical (unpaired) electrons. The molecule has 5 rings (SSSR count). The average Bonchev–Trinajstić information content (AvgIpc) is 3.28.